The highest BCUT2D eigenvalue weighted by molar-refractivity contribution is 6.05. The summed E-state index contributed by atoms with van der Waals surface area (Å²) in [6.07, 6.45) is 6.67. The molecule has 4 saturated carbocycles. The molecule has 0 heterocycles. The second-order valence-electron chi connectivity index (χ2n) is 8.38. The first-order chi connectivity index (χ1) is 13.0. The van der Waals surface area contributed by atoms with Crippen LogP contribution in [0.15, 0.2) is 12.1 Å². The third-order valence-electron chi connectivity index (χ3n) is 6.67. The van der Waals surface area contributed by atoms with Crippen molar-refractivity contribution in [1.82, 2.24) is 5.43 Å². The summed E-state index contributed by atoms with van der Waals surface area (Å²) in [4.78, 5) is 25.6. The number of amides is 2. The van der Waals surface area contributed by atoms with E-state index in [1.165, 1.54) is 39.5 Å². The Morgan fingerprint density at radius 2 is 1.52 bits per heavy atom. The maximum absolute atomic E-state index is 13.3. The number of hydrogen-bond acceptors (Lipinski definition) is 5. The van der Waals surface area contributed by atoms with E-state index in [0.29, 0.717) is 34.9 Å². The maximum Gasteiger partial charge on any atom is 0.267 e. The Morgan fingerprint density at radius 3 is 2.00 bits per heavy atom. The van der Waals surface area contributed by atoms with Gasteiger partial charge in [0.05, 0.1) is 30.9 Å². The van der Waals surface area contributed by atoms with Crippen molar-refractivity contribution in [3.05, 3.63) is 17.7 Å². The summed E-state index contributed by atoms with van der Waals surface area (Å²) >= 11 is 0. The van der Waals surface area contributed by atoms with E-state index >= 15 is 0 Å². The number of methoxy groups -OCH3 is 2. The van der Waals surface area contributed by atoms with Crippen molar-refractivity contribution in [2.24, 2.45) is 29.0 Å². The van der Waals surface area contributed by atoms with Gasteiger partial charge in [0.1, 0.15) is 0 Å². The van der Waals surface area contributed by atoms with E-state index < -0.39 is 5.91 Å². The zero-order valence-electron chi connectivity index (χ0n) is 15.8. The van der Waals surface area contributed by atoms with Crippen LogP contribution in [-0.2, 0) is 4.79 Å². The Labute approximate surface area is 158 Å². The van der Waals surface area contributed by atoms with Crippen molar-refractivity contribution in [2.45, 2.75) is 38.5 Å². The summed E-state index contributed by atoms with van der Waals surface area (Å²) in [6.45, 7) is 0. The molecule has 7 nitrogen and oxygen atoms in total. The van der Waals surface area contributed by atoms with Gasteiger partial charge in [0.2, 0.25) is 5.91 Å². The van der Waals surface area contributed by atoms with Crippen LogP contribution < -0.4 is 26.1 Å². The van der Waals surface area contributed by atoms with E-state index in [1.807, 2.05) is 0 Å². The molecule has 5 rings (SSSR count). The highest BCUT2D eigenvalue weighted by Gasteiger charge is 2.54. The summed E-state index contributed by atoms with van der Waals surface area (Å²) in [7, 11) is 3.01. The first-order valence-electron chi connectivity index (χ1n) is 9.56. The topological polar surface area (TPSA) is 103 Å². The quantitative estimate of drug-likeness (QED) is 0.418. The first-order valence-corrected chi connectivity index (χ1v) is 9.56. The van der Waals surface area contributed by atoms with Crippen molar-refractivity contribution in [3.8, 4) is 11.5 Å². The molecule has 27 heavy (non-hydrogen) atoms. The van der Waals surface area contributed by atoms with Crippen molar-refractivity contribution in [2.75, 3.05) is 19.5 Å². The van der Waals surface area contributed by atoms with E-state index in [0.717, 1.165) is 19.3 Å². The molecule has 4 N–H and O–H groups in total. The predicted molar refractivity (Wildman–Crippen MR) is 100 cm³/mol. The maximum atomic E-state index is 13.3. The molecule has 0 aliphatic heterocycles. The Balaban J connectivity index is 1.65. The second-order valence-corrected chi connectivity index (χ2v) is 8.38. The van der Waals surface area contributed by atoms with Crippen LogP contribution in [0.2, 0.25) is 0 Å². The molecular formula is C20H27N3O4. The summed E-state index contributed by atoms with van der Waals surface area (Å²) in [5.74, 6) is 7.71. The van der Waals surface area contributed by atoms with Gasteiger partial charge in [-0.2, -0.15) is 0 Å². The minimum Gasteiger partial charge on any atom is -0.493 e. The van der Waals surface area contributed by atoms with Gasteiger partial charge in [-0.05, 0) is 62.3 Å². The molecule has 4 fully saturated rings. The summed E-state index contributed by atoms with van der Waals surface area (Å²) < 4.78 is 10.6. The molecule has 146 valence electrons. The minimum atomic E-state index is -0.489. The van der Waals surface area contributed by atoms with Gasteiger partial charge in [-0.25, -0.2) is 5.84 Å². The normalized spacial score (nSPS) is 30.7. The second kappa shape index (κ2) is 6.71. The Hall–Kier alpha value is -2.28. The van der Waals surface area contributed by atoms with E-state index in [1.54, 1.807) is 6.07 Å². The predicted octanol–water partition coefficient (Wildman–Crippen LogP) is 2.46. The number of carbonyl (C=O) groups excluding carboxylic acids is 2. The lowest BCUT2D eigenvalue weighted by Gasteiger charge is -2.55. The number of ether oxygens (including phenoxy) is 2. The van der Waals surface area contributed by atoms with Gasteiger partial charge in [-0.15, -0.1) is 0 Å². The molecule has 2 amide bonds. The number of carbonyl (C=O) groups is 2. The Morgan fingerprint density at radius 1 is 1.00 bits per heavy atom. The number of rotatable bonds is 5. The zero-order valence-corrected chi connectivity index (χ0v) is 15.8. The monoisotopic (exact) mass is 373 g/mol. The molecule has 1 aromatic rings. The molecule has 0 spiro atoms. The van der Waals surface area contributed by atoms with Crippen LogP contribution in [0.1, 0.15) is 48.9 Å². The average molecular weight is 373 g/mol. The lowest BCUT2D eigenvalue weighted by atomic mass is 9.49. The molecule has 0 unspecified atom stereocenters. The van der Waals surface area contributed by atoms with Crippen LogP contribution in [0, 0.1) is 23.2 Å². The van der Waals surface area contributed by atoms with Gasteiger partial charge in [0, 0.05) is 6.07 Å². The number of nitrogens with one attached hydrogen (secondary N) is 2. The molecule has 0 aromatic heterocycles. The van der Waals surface area contributed by atoms with Gasteiger partial charge in [-0.3, -0.25) is 15.0 Å². The van der Waals surface area contributed by atoms with Gasteiger partial charge in [0.25, 0.3) is 5.91 Å². The third kappa shape index (κ3) is 3.04. The fraction of sp³-hybridized carbons (Fsp3) is 0.600. The highest BCUT2D eigenvalue weighted by atomic mass is 16.5. The van der Waals surface area contributed by atoms with Gasteiger partial charge >= 0.3 is 0 Å². The van der Waals surface area contributed by atoms with Crippen molar-refractivity contribution in [3.63, 3.8) is 0 Å². The zero-order chi connectivity index (χ0) is 19.2. The number of benzene rings is 1. The van der Waals surface area contributed by atoms with Gasteiger partial charge in [-0.1, -0.05) is 0 Å². The number of nitrogens with two attached hydrogens (primary N) is 1. The lowest BCUT2D eigenvalue weighted by molar-refractivity contribution is -0.140. The molecule has 0 radical (unpaired) electrons. The molecule has 4 aliphatic carbocycles. The lowest BCUT2D eigenvalue weighted by Crippen LogP contribution is -2.51. The van der Waals surface area contributed by atoms with E-state index in [2.05, 4.69) is 10.7 Å². The molecule has 0 saturated heterocycles. The molecule has 4 aliphatic rings. The smallest absolute Gasteiger partial charge is 0.267 e. The number of nitrogen functional groups attached to an aromatic ring is 1. The summed E-state index contributed by atoms with van der Waals surface area (Å²) in [5, 5.41) is 3.02. The van der Waals surface area contributed by atoms with Crippen molar-refractivity contribution < 1.29 is 19.1 Å². The fourth-order valence-corrected chi connectivity index (χ4v) is 5.89. The van der Waals surface area contributed by atoms with Crippen LogP contribution >= 0.6 is 0 Å². The molecule has 0 atom stereocenters. The van der Waals surface area contributed by atoms with Gasteiger partial charge in [0.15, 0.2) is 11.5 Å². The summed E-state index contributed by atoms with van der Waals surface area (Å²) in [5.41, 5.74) is 2.48. The minimum absolute atomic E-state index is 0.0138. The Kier molecular flexibility index (Phi) is 4.50. The summed E-state index contributed by atoms with van der Waals surface area (Å²) in [6, 6.07) is 3.16. The number of hydrazine groups is 1. The largest absolute Gasteiger partial charge is 0.493 e. The van der Waals surface area contributed by atoms with Gasteiger partial charge < -0.3 is 14.8 Å². The molecule has 7 heteroatoms. The van der Waals surface area contributed by atoms with Crippen LogP contribution in [-0.4, -0.2) is 26.0 Å². The number of anilines is 1. The van der Waals surface area contributed by atoms with Crippen LogP contribution in [0.4, 0.5) is 5.69 Å². The van der Waals surface area contributed by atoms with Crippen LogP contribution in [0.3, 0.4) is 0 Å². The fourth-order valence-electron chi connectivity index (χ4n) is 5.89. The Bertz CT molecular complexity index is 741. The SMILES string of the molecule is COc1cc(NC(=O)C23CC4CC(CC(C4)C2)C3)c(C(=O)NN)cc1OC. The molecule has 1 aromatic carbocycles. The highest BCUT2D eigenvalue weighted by Crippen LogP contribution is 2.60. The van der Waals surface area contributed by atoms with Crippen molar-refractivity contribution >= 4 is 17.5 Å². The van der Waals surface area contributed by atoms with E-state index in [9.17, 15) is 9.59 Å². The standard InChI is InChI=1S/C20H27N3O4/c1-26-16-6-14(18(24)23-21)15(7-17(16)27-2)22-19(25)20-8-11-3-12(9-20)5-13(4-11)10-20/h6-7,11-13H,3-5,8-10,21H2,1-2H3,(H,22,25)(H,23,24). The first kappa shape index (κ1) is 18.1. The number of hydrogen-bond donors (Lipinski definition) is 3. The van der Waals surface area contributed by atoms with Crippen LogP contribution in [0.25, 0.3) is 0 Å². The average Bonchev–Trinajstić information content (AvgIpc) is 2.65. The van der Waals surface area contributed by atoms with Crippen LogP contribution in [0.5, 0.6) is 11.5 Å². The van der Waals surface area contributed by atoms with E-state index in [4.69, 9.17) is 15.3 Å². The third-order valence-corrected chi connectivity index (χ3v) is 6.67. The van der Waals surface area contributed by atoms with Crippen molar-refractivity contribution in [1.29, 1.82) is 0 Å². The van der Waals surface area contributed by atoms with E-state index in [-0.39, 0.29) is 16.9 Å². The molecule has 4 bridgehead atoms. The molecular weight excluding hydrogens is 346 g/mol.